The van der Waals surface area contributed by atoms with Crippen LogP contribution in [0.2, 0.25) is 5.02 Å². The fraction of sp³-hybridized carbons (Fsp3) is 0.0625. The number of thiophene rings is 1. The molecule has 0 unspecified atom stereocenters. The van der Waals surface area contributed by atoms with Gasteiger partial charge in [0.05, 0.1) is 17.8 Å². The summed E-state index contributed by atoms with van der Waals surface area (Å²) in [5.41, 5.74) is -0.235. The van der Waals surface area contributed by atoms with Crippen LogP contribution >= 0.6 is 22.9 Å². The number of nitrogens with one attached hydrogen (secondary N) is 1. The van der Waals surface area contributed by atoms with Crippen molar-refractivity contribution in [2.24, 2.45) is 0 Å². The van der Waals surface area contributed by atoms with Crippen LogP contribution in [0.15, 0.2) is 36.4 Å². The van der Waals surface area contributed by atoms with Gasteiger partial charge in [-0.05, 0) is 30.3 Å². The number of carbonyl (C=O) groups is 1. The number of ether oxygens (including phenoxy) is 1. The molecular formula is C16H10ClF2NO2S. The summed E-state index contributed by atoms with van der Waals surface area (Å²) in [4.78, 5) is 12.5. The quantitative estimate of drug-likeness (QED) is 0.712. The smallest absolute Gasteiger partial charge is 0.267 e. The minimum atomic E-state index is -0.723. The molecule has 0 atom stereocenters. The minimum absolute atomic E-state index is 0.221. The van der Waals surface area contributed by atoms with Gasteiger partial charge in [0.1, 0.15) is 22.3 Å². The van der Waals surface area contributed by atoms with Crippen LogP contribution in [-0.4, -0.2) is 13.0 Å². The Morgan fingerprint density at radius 1 is 1.22 bits per heavy atom. The van der Waals surface area contributed by atoms with Crippen molar-refractivity contribution in [2.45, 2.75) is 0 Å². The van der Waals surface area contributed by atoms with Crippen molar-refractivity contribution in [3.8, 4) is 5.75 Å². The van der Waals surface area contributed by atoms with Crippen LogP contribution in [0.5, 0.6) is 5.75 Å². The Hall–Kier alpha value is -2.18. The Kier molecular flexibility index (Phi) is 4.19. The van der Waals surface area contributed by atoms with E-state index < -0.39 is 17.5 Å². The molecule has 0 saturated heterocycles. The van der Waals surface area contributed by atoms with Gasteiger partial charge in [-0.1, -0.05) is 11.6 Å². The van der Waals surface area contributed by atoms with Crippen molar-refractivity contribution in [1.29, 1.82) is 0 Å². The van der Waals surface area contributed by atoms with Gasteiger partial charge in [0.2, 0.25) is 0 Å². The van der Waals surface area contributed by atoms with E-state index >= 15 is 0 Å². The number of anilines is 1. The predicted octanol–water partition coefficient (Wildman–Crippen LogP) is 5.09. The molecule has 118 valence electrons. The SMILES string of the molecule is COc1ccc2sc(C(=O)Nc3cc(F)ccc3F)c(Cl)c2c1. The van der Waals surface area contributed by atoms with E-state index in [1.807, 2.05) is 0 Å². The lowest BCUT2D eigenvalue weighted by molar-refractivity contribution is 0.103. The third-order valence-corrected chi connectivity index (χ3v) is 4.89. The zero-order valence-electron chi connectivity index (χ0n) is 11.8. The molecule has 0 fully saturated rings. The number of rotatable bonds is 3. The van der Waals surface area contributed by atoms with Crippen LogP contribution in [0, 0.1) is 11.6 Å². The Morgan fingerprint density at radius 2 is 2.00 bits per heavy atom. The molecule has 0 aliphatic rings. The fourth-order valence-electron chi connectivity index (χ4n) is 2.09. The summed E-state index contributed by atoms with van der Waals surface area (Å²) >= 11 is 7.41. The second-order valence-corrected chi connectivity index (χ2v) is 6.12. The first-order valence-electron chi connectivity index (χ1n) is 6.52. The number of carbonyl (C=O) groups excluding carboxylic acids is 1. The van der Waals surface area contributed by atoms with Crippen LogP contribution in [0.25, 0.3) is 10.1 Å². The van der Waals surface area contributed by atoms with Gasteiger partial charge in [-0.3, -0.25) is 4.79 Å². The first-order chi connectivity index (χ1) is 11.0. The number of methoxy groups -OCH3 is 1. The molecule has 1 amide bonds. The summed E-state index contributed by atoms with van der Waals surface area (Å²) in [5.74, 6) is -1.35. The molecule has 0 spiro atoms. The van der Waals surface area contributed by atoms with Crippen LogP contribution in [-0.2, 0) is 0 Å². The maximum absolute atomic E-state index is 13.6. The zero-order valence-corrected chi connectivity index (χ0v) is 13.4. The van der Waals surface area contributed by atoms with Gasteiger partial charge < -0.3 is 10.1 Å². The molecule has 3 rings (SSSR count). The number of hydrogen-bond donors (Lipinski definition) is 1. The molecule has 1 heterocycles. The molecule has 0 bridgehead atoms. The van der Waals surface area contributed by atoms with Gasteiger partial charge in [-0.25, -0.2) is 8.78 Å². The van der Waals surface area contributed by atoms with Crippen molar-refractivity contribution in [3.63, 3.8) is 0 Å². The highest BCUT2D eigenvalue weighted by Crippen LogP contribution is 2.37. The van der Waals surface area contributed by atoms with Gasteiger partial charge in [0.25, 0.3) is 5.91 Å². The summed E-state index contributed by atoms with van der Waals surface area (Å²) in [5, 5.41) is 3.25. The number of fused-ring (bicyclic) bond motifs is 1. The lowest BCUT2D eigenvalue weighted by Gasteiger charge is -2.05. The Labute approximate surface area is 139 Å². The highest BCUT2D eigenvalue weighted by atomic mass is 35.5. The molecular weight excluding hydrogens is 344 g/mol. The molecule has 3 aromatic rings. The fourth-order valence-corrected chi connectivity index (χ4v) is 3.48. The molecule has 1 N–H and O–H groups in total. The van der Waals surface area contributed by atoms with Crippen molar-refractivity contribution < 1.29 is 18.3 Å². The van der Waals surface area contributed by atoms with E-state index in [-0.39, 0.29) is 15.6 Å². The highest BCUT2D eigenvalue weighted by Gasteiger charge is 2.19. The minimum Gasteiger partial charge on any atom is -0.497 e. The lowest BCUT2D eigenvalue weighted by Crippen LogP contribution is -2.12. The molecule has 0 aliphatic carbocycles. The highest BCUT2D eigenvalue weighted by molar-refractivity contribution is 7.21. The molecule has 2 aromatic carbocycles. The molecule has 1 aromatic heterocycles. The molecule has 23 heavy (non-hydrogen) atoms. The second kappa shape index (κ2) is 6.14. The lowest BCUT2D eigenvalue weighted by atomic mass is 10.2. The largest absolute Gasteiger partial charge is 0.497 e. The third-order valence-electron chi connectivity index (χ3n) is 3.22. The van der Waals surface area contributed by atoms with Crippen LogP contribution in [0.1, 0.15) is 9.67 Å². The van der Waals surface area contributed by atoms with Crippen molar-refractivity contribution in [2.75, 3.05) is 12.4 Å². The summed E-state index contributed by atoms with van der Waals surface area (Å²) < 4.78 is 32.7. The zero-order chi connectivity index (χ0) is 16.6. The van der Waals surface area contributed by atoms with Crippen LogP contribution < -0.4 is 10.1 Å². The van der Waals surface area contributed by atoms with Crippen molar-refractivity contribution in [3.05, 3.63) is 57.9 Å². The molecule has 7 heteroatoms. The Balaban J connectivity index is 1.97. The summed E-state index contributed by atoms with van der Waals surface area (Å²) in [6.07, 6.45) is 0. The van der Waals surface area contributed by atoms with Gasteiger partial charge in [-0.2, -0.15) is 0 Å². The summed E-state index contributed by atoms with van der Waals surface area (Å²) in [7, 11) is 1.53. The third kappa shape index (κ3) is 3.00. The average Bonchev–Trinajstić information content (AvgIpc) is 2.87. The monoisotopic (exact) mass is 353 g/mol. The molecule has 0 aliphatic heterocycles. The Morgan fingerprint density at radius 3 is 2.74 bits per heavy atom. The van der Waals surface area contributed by atoms with E-state index in [9.17, 15) is 13.6 Å². The number of benzene rings is 2. The van der Waals surface area contributed by atoms with Gasteiger partial charge >= 0.3 is 0 Å². The van der Waals surface area contributed by atoms with Crippen molar-refractivity contribution >= 4 is 44.6 Å². The topological polar surface area (TPSA) is 38.3 Å². The van der Waals surface area contributed by atoms with E-state index in [1.165, 1.54) is 7.11 Å². The predicted molar refractivity (Wildman–Crippen MR) is 87.7 cm³/mol. The second-order valence-electron chi connectivity index (χ2n) is 4.69. The van der Waals surface area contributed by atoms with Crippen LogP contribution in [0.3, 0.4) is 0 Å². The molecule has 0 saturated carbocycles. The number of hydrogen-bond acceptors (Lipinski definition) is 3. The van der Waals surface area contributed by atoms with E-state index in [1.54, 1.807) is 18.2 Å². The van der Waals surface area contributed by atoms with Crippen LogP contribution in [0.4, 0.5) is 14.5 Å². The average molecular weight is 354 g/mol. The maximum atomic E-state index is 13.6. The first kappa shape index (κ1) is 15.7. The molecule has 0 radical (unpaired) electrons. The molecule has 3 nitrogen and oxygen atoms in total. The van der Waals surface area contributed by atoms with E-state index in [4.69, 9.17) is 16.3 Å². The standard InChI is InChI=1S/C16H10ClF2NO2S/c1-22-9-3-5-13-10(7-9)14(17)15(23-13)16(21)20-12-6-8(18)2-4-11(12)19/h2-7H,1H3,(H,20,21). The van der Waals surface area contributed by atoms with Gasteiger partial charge in [0.15, 0.2) is 0 Å². The normalized spacial score (nSPS) is 10.8. The summed E-state index contributed by atoms with van der Waals surface area (Å²) in [6, 6.07) is 8.09. The van der Waals surface area contributed by atoms with Crippen molar-refractivity contribution in [1.82, 2.24) is 0 Å². The maximum Gasteiger partial charge on any atom is 0.267 e. The van der Waals surface area contributed by atoms with E-state index in [0.29, 0.717) is 11.1 Å². The van der Waals surface area contributed by atoms with Gasteiger partial charge in [0, 0.05) is 16.2 Å². The van der Waals surface area contributed by atoms with E-state index in [0.717, 1.165) is 34.2 Å². The Bertz CT molecular complexity index is 910. The first-order valence-corrected chi connectivity index (χ1v) is 7.71. The van der Waals surface area contributed by atoms with E-state index in [2.05, 4.69) is 5.32 Å². The number of amides is 1. The summed E-state index contributed by atoms with van der Waals surface area (Å²) in [6.45, 7) is 0. The number of halogens is 3. The van der Waals surface area contributed by atoms with Gasteiger partial charge in [-0.15, -0.1) is 11.3 Å².